The summed E-state index contributed by atoms with van der Waals surface area (Å²) < 4.78 is 35.5. The van der Waals surface area contributed by atoms with Gasteiger partial charge in [0.15, 0.2) is 0 Å². The molecule has 0 spiro atoms. The Morgan fingerprint density at radius 2 is 1.54 bits per heavy atom. The summed E-state index contributed by atoms with van der Waals surface area (Å²) in [5.74, 6) is -1.89. The summed E-state index contributed by atoms with van der Waals surface area (Å²) in [6.45, 7) is 1.24. The van der Waals surface area contributed by atoms with E-state index >= 15 is 0 Å². The summed E-state index contributed by atoms with van der Waals surface area (Å²) in [6, 6.07) is 24.7. The lowest BCUT2D eigenvalue weighted by Crippen LogP contribution is -2.11. The molecule has 6 nitrogen and oxygen atoms in total. The number of hydrogen-bond donors (Lipinski definition) is 1. The van der Waals surface area contributed by atoms with Crippen molar-refractivity contribution in [2.45, 2.75) is 6.92 Å². The summed E-state index contributed by atoms with van der Waals surface area (Å²) in [5.41, 5.74) is 2.63. The van der Waals surface area contributed by atoms with Crippen LogP contribution in [0.3, 0.4) is 0 Å². The molecule has 0 saturated carbocycles. The van der Waals surface area contributed by atoms with Crippen LogP contribution in [0.4, 0.5) is 14.5 Å². The Morgan fingerprint density at radius 1 is 0.872 bits per heavy atom. The van der Waals surface area contributed by atoms with Crippen molar-refractivity contribution in [1.29, 1.82) is 0 Å². The minimum absolute atomic E-state index is 0.0327. The number of carbonyl (C=O) groups excluding carboxylic acids is 2. The Hall–Kier alpha value is -4.82. The van der Waals surface area contributed by atoms with Crippen LogP contribution in [0, 0.1) is 11.6 Å². The van der Waals surface area contributed by atoms with E-state index in [4.69, 9.17) is 16.3 Å². The minimum atomic E-state index is -0.619. The highest BCUT2D eigenvalue weighted by atomic mass is 35.5. The number of ether oxygens (including phenoxy) is 1. The summed E-state index contributed by atoms with van der Waals surface area (Å²) in [6.07, 6.45) is 0. The maximum Gasteiger partial charge on any atom is 0.309 e. The number of aromatic nitrogens is 2. The average Bonchev–Trinajstić information content (AvgIpc) is 3.28. The zero-order valence-electron chi connectivity index (χ0n) is 20.5. The van der Waals surface area contributed by atoms with E-state index in [-0.39, 0.29) is 23.0 Å². The monoisotopic (exact) mass is 543 g/mol. The van der Waals surface area contributed by atoms with Gasteiger partial charge in [0.2, 0.25) is 5.88 Å². The van der Waals surface area contributed by atoms with Crippen LogP contribution < -0.4 is 10.1 Å². The first kappa shape index (κ1) is 25.8. The molecule has 5 rings (SSSR count). The lowest BCUT2D eigenvalue weighted by Gasteiger charge is -2.11. The number of rotatable bonds is 6. The first-order valence-corrected chi connectivity index (χ1v) is 12.2. The fraction of sp³-hybridized carbons (Fsp3) is 0.0333. The second kappa shape index (κ2) is 10.9. The van der Waals surface area contributed by atoms with E-state index in [9.17, 15) is 18.4 Å². The highest BCUT2D eigenvalue weighted by molar-refractivity contribution is 6.30. The molecular weight excluding hydrogens is 524 g/mol. The smallest absolute Gasteiger partial charge is 0.309 e. The van der Waals surface area contributed by atoms with Crippen LogP contribution >= 0.6 is 11.6 Å². The number of halogens is 3. The van der Waals surface area contributed by atoms with Crippen LogP contribution in [0.15, 0.2) is 97.1 Å². The number of hydrogen-bond acceptors (Lipinski definition) is 4. The van der Waals surface area contributed by atoms with Gasteiger partial charge in [-0.05, 0) is 78.4 Å². The van der Waals surface area contributed by atoms with Crippen molar-refractivity contribution in [2.24, 2.45) is 0 Å². The van der Waals surface area contributed by atoms with Crippen molar-refractivity contribution < 1.29 is 23.1 Å². The van der Waals surface area contributed by atoms with Crippen molar-refractivity contribution in [2.75, 3.05) is 5.32 Å². The lowest BCUT2D eigenvalue weighted by atomic mass is 10.0. The summed E-state index contributed by atoms with van der Waals surface area (Å²) in [5, 5.41) is 7.92. The maximum atomic E-state index is 15.0. The molecule has 194 valence electrons. The van der Waals surface area contributed by atoms with Crippen LogP contribution in [-0.4, -0.2) is 21.7 Å². The molecule has 1 aromatic heterocycles. The molecule has 0 saturated heterocycles. The van der Waals surface area contributed by atoms with E-state index in [0.29, 0.717) is 33.1 Å². The normalized spacial score (nSPS) is 10.8. The predicted octanol–water partition coefficient (Wildman–Crippen LogP) is 7.32. The maximum absolute atomic E-state index is 15.0. The summed E-state index contributed by atoms with van der Waals surface area (Å²) in [4.78, 5) is 24.7. The first-order valence-electron chi connectivity index (χ1n) is 11.8. The molecule has 0 bridgehead atoms. The van der Waals surface area contributed by atoms with E-state index in [1.54, 1.807) is 66.7 Å². The van der Waals surface area contributed by atoms with E-state index in [0.717, 1.165) is 0 Å². The zero-order chi connectivity index (χ0) is 27.5. The molecule has 0 radical (unpaired) electrons. The molecular formula is C30H20ClF2N3O3. The van der Waals surface area contributed by atoms with Crippen LogP contribution in [0.5, 0.6) is 5.88 Å². The molecule has 0 aliphatic rings. The topological polar surface area (TPSA) is 73.2 Å². The number of carbonyl (C=O) groups is 2. The van der Waals surface area contributed by atoms with Gasteiger partial charge in [-0.25, -0.2) is 8.78 Å². The van der Waals surface area contributed by atoms with Crippen LogP contribution in [-0.2, 0) is 4.79 Å². The number of anilines is 1. The molecule has 4 aromatic carbocycles. The Bertz CT molecular complexity index is 1670. The lowest BCUT2D eigenvalue weighted by molar-refractivity contribution is -0.132. The van der Waals surface area contributed by atoms with Gasteiger partial charge in [0.05, 0.1) is 11.3 Å². The van der Waals surface area contributed by atoms with Gasteiger partial charge >= 0.3 is 5.97 Å². The van der Waals surface area contributed by atoms with Crippen molar-refractivity contribution in [3.63, 3.8) is 0 Å². The van der Waals surface area contributed by atoms with E-state index in [1.807, 2.05) is 0 Å². The van der Waals surface area contributed by atoms with Crippen LogP contribution in [0.25, 0.3) is 28.1 Å². The first-order chi connectivity index (χ1) is 18.8. The molecule has 39 heavy (non-hydrogen) atoms. The highest BCUT2D eigenvalue weighted by Gasteiger charge is 2.26. The molecule has 5 aromatic rings. The largest absolute Gasteiger partial charge is 0.407 e. The number of nitrogens with one attached hydrogen (secondary N) is 1. The van der Waals surface area contributed by atoms with Gasteiger partial charge in [0.1, 0.15) is 17.3 Å². The van der Waals surface area contributed by atoms with Crippen molar-refractivity contribution >= 4 is 29.2 Å². The SMILES string of the molecule is CC(=O)Oc1c(-c2ccc(NC(=O)c3ccc(Cl)cc3)cc2)c(-c2ccccc2F)nn1-c1ccc(F)cc1. The van der Waals surface area contributed by atoms with E-state index < -0.39 is 17.6 Å². The van der Waals surface area contributed by atoms with Gasteiger partial charge in [-0.3, -0.25) is 9.59 Å². The summed E-state index contributed by atoms with van der Waals surface area (Å²) in [7, 11) is 0. The third kappa shape index (κ3) is 5.56. The van der Waals surface area contributed by atoms with Gasteiger partial charge in [0.25, 0.3) is 5.91 Å². The molecule has 0 unspecified atom stereocenters. The van der Waals surface area contributed by atoms with E-state index in [2.05, 4.69) is 10.4 Å². The predicted molar refractivity (Wildman–Crippen MR) is 145 cm³/mol. The van der Waals surface area contributed by atoms with Crippen LogP contribution in [0.2, 0.25) is 5.02 Å². The van der Waals surface area contributed by atoms with E-state index in [1.165, 1.54) is 41.9 Å². The number of benzene rings is 4. The summed E-state index contributed by atoms with van der Waals surface area (Å²) >= 11 is 5.90. The van der Waals surface area contributed by atoms with Gasteiger partial charge < -0.3 is 10.1 Å². The third-order valence-corrected chi connectivity index (χ3v) is 6.07. The zero-order valence-corrected chi connectivity index (χ0v) is 21.2. The highest BCUT2D eigenvalue weighted by Crippen LogP contribution is 2.42. The van der Waals surface area contributed by atoms with Crippen molar-refractivity contribution in [3.8, 4) is 34.0 Å². The molecule has 1 amide bonds. The van der Waals surface area contributed by atoms with Crippen molar-refractivity contribution in [3.05, 3.63) is 119 Å². The number of esters is 1. The molecule has 9 heteroatoms. The van der Waals surface area contributed by atoms with Crippen LogP contribution in [0.1, 0.15) is 17.3 Å². The Labute approximate surface area is 227 Å². The fourth-order valence-electron chi connectivity index (χ4n) is 4.02. The number of nitrogens with zero attached hydrogens (tertiary/aromatic N) is 2. The Balaban J connectivity index is 1.61. The molecule has 1 N–H and O–H groups in total. The Kier molecular flexibility index (Phi) is 7.21. The van der Waals surface area contributed by atoms with Gasteiger partial charge in [-0.1, -0.05) is 35.9 Å². The second-order valence-electron chi connectivity index (χ2n) is 8.53. The third-order valence-electron chi connectivity index (χ3n) is 5.82. The molecule has 0 fully saturated rings. The number of amides is 1. The minimum Gasteiger partial charge on any atom is -0.407 e. The Morgan fingerprint density at radius 3 is 2.18 bits per heavy atom. The standard InChI is InChI=1S/C30H20ClF2N3O3/c1-18(37)39-30-27(19-8-14-23(15-9-19)34-29(38)20-6-10-21(31)11-7-20)28(25-4-2-3-5-26(25)33)35-36(30)24-16-12-22(32)13-17-24/h2-17H,1H3,(H,34,38). The molecule has 0 atom stereocenters. The molecule has 0 aliphatic heterocycles. The second-order valence-corrected chi connectivity index (χ2v) is 8.97. The fourth-order valence-corrected chi connectivity index (χ4v) is 4.14. The average molecular weight is 544 g/mol. The van der Waals surface area contributed by atoms with Crippen molar-refractivity contribution in [1.82, 2.24) is 9.78 Å². The van der Waals surface area contributed by atoms with Gasteiger partial charge in [0, 0.05) is 28.8 Å². The van der Waals surface area contributed by atoms with Gasteiger partial charge in [-0.2, -0.15) is 9.78 Å². The molecule has 0 aliphatic carbocycles. The quantitative estimate of drug-likeness (QED) is 0.228. The van der Waals surface area contributed by atoms with Gasteiger partial charge in [-0.15, -0.1) is 0 Å². The molecule has 1 heterocycles.